The Bertz CT molecular complexity index is 498. The number of carbonyl (C=O) groups excluding carboxylic acids is 1. The van der Waals surface area contributed by atoms with Crippen LogP contribution in [0.15, 0.2) is 30.3 Å². The highest BCUT2D eigenvalue weighted by Gasteiger charge is 2.45. The molecule has 1 atom stereocenters. The predicted molar refractivity (Wildman–Crippen MR) is 80.1 cm³/mol. The zero-order valence-corrected chi connectivity index (χ0v) is 12.3. The van der Waals surface area contributed by atoms with Gasteiger partial charge in [-0.2, -0.15) is 0 Å². The van der Waals surface area contributed by atoms with Crippen molar-refractivity contribution in [1.82, 2.24) is 10.6 Å². The SMILES string of the molecule is CC(CCc1ccccc1)NC(=O)NC1(C(=O)O)CCC1. The van der Waals surface area contributed by atoms with E-state index in [1.807, 2.05) is 25.1 Å². The van der Waals surface area contributed by atoms with Crippen LogP contribution >= 0.6 is 0 Å². The average molecular weight is 290 g/mol. The molecule has 1 aliphatic carbocycles. The van der Waals surface area contributed by atoms with E-state index in [0.29, 0.717) is 12.8 Å². The van der Waals surface area contributed by atoms with Gasteiger partial charge in [0.25, 0.3) is 0 Å². The summed E-state index contributed by atoms with van der Waals surface area (Å²) < 4.78 is 0. The summed E-state index contributed by atoms with van der Waals surface area (Å²) >= 11 is 0. The fourth-order valence-corrected chi connectivity index (χ4v) is 2.50. The summed E-state index contributed by atoms with van der Waals surface area (Å²) in [5, 5.41) is 14.6. The second-order valence-corrected chi connectivity index (χ2v) is 5.76. The fraction of sp³-hybridized carbons (Fsp3) is 0.500. The molecule has 1 aliphatic rings. The molecule has 2 amide bonds. The Hall–Kier alpha value is -2.04. The second-order valence-electron chi connectivity index (χ2n) is 5.76. The first-order chi connectivity index (χ1) is 10.0. The summed E-state index contributed by atoms with van der Waals surface area (Å²) in [5.74, 6) is -0.944. The van der Waals surface area contributed by atoms with E-state index in [4.69, 9.17) is 0 Å². The molecule has 1 saturated carbocycles. The third-order valence-corrected chi connectivity index (χ3v) is 4.06. The van der Waals surface area contributed by atoms with E-state index in [-0.39, 0.29) is 6.04 Å². The lowest BCUT2D eigenvalue weighted by molar-refractivity contribution is -0.148. The molecule has 0 radical (unpaired) electrons. The number of carbonyl (C=O) groups is 2. The first-order valence-electron chi connectivity index (χ1n) is 7.38. The van der Waals surface area contributed by atoms with Crippen molar-refractivity contribution < 1.29 is 14.7 Å². The highest BCUT2D eigenvalue weighted by Crippen LogP contribution is 2.31. The van der Waals surface area contributed by atoms with Crippen molar-refractivity contribution in [1.29, 1.82) is 0 Å². The van der Waals surface area contributed by atoms with Crippen LogP contribution in [0, 0.1) is 0 Å². The molecule has 0 aromatic heterocycles. The van der Waals surface area contributed by atoms with E-state index in [2.05, 4.69) is 22.8 Å². The van der Waals surface area contributed by atoms with Crippen LogP contribution in [0.2, 0.25) is 0 Å². The van der Waals surface area contributed by atoms with E-state index >= 15 is 0 Å². The van der Waals surface area contributed by atoms with Crippen molar-refractivity contribution in [3.8, 4) is 0 Å². The maximum Gasteiger partial charge on any atom is 0.329 e. The Morgan fingerprint density at radius 3 is 2.48 bits per heavy atom. The van der Waals surface area contributed by atoms with Crippen molar-refractivity contribution in [3.63, 3.8) is 0 Å². The summed E-state index contributed by atoms with van der Waals surface area (Å²) in [4.78, 5) is 23.1. The number of hydrogen-bond donors (Lipinski definition) is 3. The number of hydrogen-bond acceptors (Lipinski definition) is 2. The number of carboxylic acids is 1. The predicted octanol–water partition coefficient (Wildman–Crippen LogP) is 2.31. The van der Waals surface area contributed by atoms with Crippen LogP contribution < -0.4 is 10.6 Å². The van der Waals surface area contributed by atoms with Gasteiger partial charge in [-0.1, -0.05) is 30.3 Å². The van der Waals surface area contributed by atoms with Gasteiger partial charge < -0.3 is 15.7 Å². The van der Waals surface area contributed by atoms with Gasteiger partial charge in [0, 0.05) is 6.04 Å². The number of nitrogens with one attached hydrogen (secondary N) is 2. The molecule has 5 nitrogen and oxygen atoms in total. The van der Waals surface area contributed by atoms with Gasteiger partial charge >= 0.3 is 12.0 Å². The third-order valence-electron chi connectivity index (χ3n) is 4.06. The molecule has 0 aliphatic heterocycles. The third kappa shape index (κ3) is 3.97. The molecule has 3 N–H and O–H groups in total. The Morgan fingerprint density at radius 1 is 1.29 bits per heavy atom. The van der Waals surface area contributed by atoms with Crippen molar-refractivity contribution in [2.45, 2.75) is 50.6 Å². The fourth-order valence-electron chi connectivity index (χ4n) is 2.50. The van der Waals surface area contributed by atoms with Crippen molar-refractivity contribution >= 4 is 12.0 Å². The van der Waals surface area contributed by atoms with Gasteiger partial charge in [0.05, 0.1) is 0 Å². The largest absolute Gasteiger partial charge is 0.480 e. The number of rotatable bonds is 6. The molecule has 2 rings (SSSR count). The van der Waals surface area contributed by atoms with Crippen LogP contribution in [-0.2, 0) is 11.2 Å². The number of aryl methyl sites for hydroxylation is 1. The molecule has 1 fully saturated rings. The Balaban J connectivity index is 1.76. The van der Waals surface area contributed by atoms with Gasteiger partial charge in [-0.05, 0) is 44.6 Å². The molecule has 0 bridgehead atoms. The molecule has 1 aromatic rings. The van der Waals surface area contributed by atoms with Crippen LogP contribution in [0.3, 0.4) is 0 Å². The van der Waals surface area contributed by atoms with E-state index in [0.717, 1.165) is 19.3 Å². The minimum Gasteiger partial charge on any atom is -0.480 e. The summed E-state index contributed by atoms with van der Waals surface area (Å²) in [7, 11) is 0. The first-order valence-corrected chi connectivity index (χ1v) is 7.38. The Kier molecular flexibility index (Phi) is 4.83. The zero-order chi connectivity index (χ0) is 15.3. The monoisotopic (exact) mass is 290 g/mol. The van der Waals surface area contributed by atoms with E-state index in [1.165, 1.54) is 5.56 Å². The lowest BCUT2D eigenvalue weighted by Gasteiger charge is -2.38. The lowest BCUT2D eigenvalue weighted by atomic mass is 9.77. The minimum atomic E-state index is -1.05. The van der Waals surface area contributed by atoms with Gasteiger partial charge in [0.15, 0.2) is 0 Å². The van der Waals surface area contributed by atoms with Gasteiger partial charge in [-0.15, -0.1) is 0 Å². The summed E-state index contributed by atoms with van der Waals surface area (Å²) in [6, 6.07) is 9.68. The molecule has 0 spiro atoms. The molecular weight excluding hydrogens is 268 g/mol. The van der Waals surface area contributed by atoms with Crippen LogP contribution in [0.1, 0.15) is 38.2 Å². The molecule has 5 heteroatoms. The normalized spacial score (nSPS) is 17.4. The van der Waals surface area contributed by atoms with E-state index in [9.17, 15) is 14.7 Å². The number of amides is 2. The van der Waals surface area contributed by atoms with Crippen LogP contribution in [0.4, 0.5) is 4.79 Å². The maximum atomic E-state index is 11.9. The van der Waals surface area contributed by atoms with Crippen molar-refractivity contribution in [2.75, 3.05) is 0 Å². The summed E-state index contributed by atoms with van der Waals surface area (Å²) in [5.41, 5.74) is 0.177. The van der Waals surface area contributed by atoms with Gasteiger partial charge in [-0.25, -0.2) is 9.59 Å². The standard InChI is InChI=1S/C16H22N2O3/c1-12(8-9-13-6-3-2-4-7-13)17-15(21)18-16(14(19)20)10-5-11-16/h2-4,6-7,12H,5,8-11H2,1H3,(H,19,20)(H2,17,18,21). The summed E-state index contributed by atoms with van der Waals surface area (Å²) in [6.45, 7) is 1.93. The topological polar surface area (TPSA) is 78.4 Å². The molecule has 114 valence electrons. The number of carboxylic acid groups (broad SMARTS) is 1. The first kappa shape index (κ1) is 15.4. The van der Waals surface area contributed by atoms with Crippen LogP contribution in [-0.4, -0.2) is 28.7 Å². The molecule has 21 heavy (non-hydrogen) atoms. The average Bonchev–Trinajstić information content (AvgIpc) is 2.41. The lowest BCUT2D eigenvalue weighted by Crippen LogP contribution is -2.61. The molecule has 0 heterocycles. The maximum absolute atomic E-state index is 11.9. The second kappa shape index (κ2) is 6.61. The zero-order valence-electron chi connectivity index (χ0n) is 12.3. The Morgan fingerprint density at radius 2 is 1.95 bits per heavy atom. The highest BCUT2D eigenvalue weighted by atomic mass is 16.4. The van der Waals surface area contributed by atoms with E-state index in [1.54, 1.807) is 0 Å². The molecule has 0 saturated heterocycles. The number of aliphatic carboxylic acids is 1. The summed E-state index contributed by atoms with van der Waals surface area (Å²) in [6.07, 6.45) is 3.56. The molecular formula is C16H22N2O3. The number of urea groups is 1. The minimum absolute atomic E-state index is 0.00359. The van der Waals surface area contributed by atoms with Gasteiger partial charge in [0.1, 0.15) is 5.54 Å². The van der Waals surface area contributed by atoms with E-state index < -0.39 is 17.5 Å². The number of benzene rings is 1. The Labute approximate surface area is 124 Å². The van der Waals surface area contributed by atoms with Crippen LogP contribution in [0.25, 0.3) is 0 Å². The quantitative estimate of drug-likeness (QED) is 0.752. The molecule has 1 unspecified atom stereocenters. The van der Waals surface area contributed by atoms with Crippen LogP contribution in [0.5, 0.6) is 0 Å². The molecule has 1 aromatic carbocycles. The van der Waals surface area contributed by atoms with Gasteiger partial charge in [-0.3, -0.25) is 0 Å². The van der Waals surface area contributed by atoms with Gasteiger partial charge in [0.2, 0.25) is 0 Å². The van der Waals surface area contributed by atoms with Crippen molar-refractivity contribution in [2.24, 2.45) is 0 Å². The highest BCUT2D eigenvalue weighted by molar-refractivity contribution is 5.87. The van der Waals surface area contributed by atoms with Crippen molar-refractivity contribution in [3.05, 3.63) is 35.9 Å². The smallest absolute Gasteiger partial charge is 0.329 e.